The summed E-state index contributed by atoms with van der Waals surface area (Å²) in [6, 6.07) is 0. The molecule has 0 bridgehead atoms. The van der Waals surface area contributed by atoms with E-state index in [9.17, 15) is 15.3 Å². The van der Waals surface area contributed by atoms with Gasteiger partial charge >= 0.3 is 0 Å². The van der Waals surface area contributed by atoms with Crippen molar-refractivity contribution in [2.24, 2.45) is 17.8 Å². The zero-order valence-corrected chi connectivity index (χ0v) is 11.8. The van der Waals surface area contributed by atoms with Gasteiger partial charge in [-0.1, -0.05) is 25.0 Å². The Balaban J connectivity index is 2.33. The molecule has 0 radical (unpaired) electrons. The van der Waals surface area contributed by atoms with Crippen LogP contribution in [0.5, 0.6) is 0 Å². The summed E-state index contributed by atoms with van der Waals surface area (Å²) in [6.07, 6.45) is 1.41. The molecule has 5 atom stereocenters. The van der Waals surface area contributed by atoms with Crippen LogP contribution >= 0.6 is 0 Å². The number of hydrogen-bond acceptors (Lipinski definition) is 3. The van der Waals surface area contributed by atoms with Crippen LogP contribution in [0, 0.1) is 17.8 Å². The molecule has 0 spiro atoms. The molecule has 0 aliphatic heterocycles. The molecule has 3 heteroatoms. The van der Waals surface area contributed by atoms with Crippen LogP contribution in [0.3, 0.4) is 0 Å². The van der Waals surface area contributed by atoms with Gasteiger partial charge in [0.05, 0.1) is 17.8 Å². The summed E-state index contributed by atoms with van der Waals surface area (Å²) < 4.78 is 0. The summed E-state index contributed by atoms with van der Waals surface area (Å²) in [4.78, 5) is 0. The summed E-state index contributed by atoms with van der Waals surface area (Å²) in [5, 5.41) is 30.6. The van der Waals surface area contributed by atoms with E-state index in [0.29, 0.717) is 12.8 Å². The molecule has 104 valence electrons. The fourth-order valence-electron chi connectivity index (χ4n) is 3.47. The molecule has 18 heavy (non-hydrogen) atoms. The molecule has 0 unspecified atom stereocenters. The van der Waals surface area contributed by atoms with E-state index in [1.807, 2.05) is 20.8 Å². The molecule has 2 aliphatic carbocycles. The van der Waals surface area contributed by atoms with Crippen LogP contribution in [0.4, 0.5) is 0 Å². The number of aliphatic hydroxyl groups excluding tert-OH is 2. The quantitative estimate of drug-likeness (QED) is 0.626. The fourth-order valence-corrected chi connectivity index (χ4v) is 3.47. The Labute approximate surface area is 110 Å². The minimum atomic E-state index is -0.781. The third-order valence-electron chi connectivity index (χ3n) is 5.09. The third-order valence-corrected chi connectivity index (χ3v) is 5.09. The zero-order chi connectivity index (χ0) is 13.7. The van der Waals surface area contributed by atoms with Gasteiger partial charge in [-0.25, -0.2) is 0 Å². The lowest BCUT2D eigenvalue weighted by molar-refractivity contribution is -0.0129. The smallest absolute Gasteiger partial charge is 0.0640 e. The topological polar surface area (TPSA) is 60.7 Å². The van der Waals surface area contributed by atoms with Crippen molar-refractivity contribution >= 4 is 0 Å². The second-order valence-corrected chi connectivity index (χ2v) is 6.76. The van der Waals surface area contributed by atoms with Crippen molar-refractivity contribution in [2.45, 2.75) is 64.8 Å². The van der Waals surface area contributed by atoms with Crippen molar-refractivity contribution in [1.82, 2.24) is 0 Å². The van der Waals surface area contributed by atoms with Gasteiger partial charge in [0.15, 0.2) is 0 Å². The summed E-state index contributed by atoms with van der Waals surface area (Å²) in [7, 11) is 0. The van der Waals surface area contributed by atoms with Crippen molar-refractivity contribution in [1.29, 1.82) is 0 Å². The van der Waals surface area contributed by atoms with Crippen LogP contribution in [0.15, 0.2) is 11.1 Å². The average Bonchev–Trinajstić information content (AvgIpc) is 2.45. The van der Waals surface area contributed by atoms with Crippen LogP contribution in [-0.2, 0) is 0 Å². The van der Waals surface area contributed by atoms with E-state index in [1.54, 1.807) is 0 Å². The molecule has 0 aromatic heterocycles. The molecule has 0 fully saturated rings. The van der Waals surface area contributed by atoms with Crippen LogP contribution in [0.25, 0.3) is 0 Å². The van der Waals surface area contributed by atoms with E-state index in [-0.39, 0.29) is 23.9 Å². The maximum atomic E-state index is 10.3. The van der Waals surface area contributed by atoms with E-state index >= 15 is 0 Å². The Hall–Kier alpha value is -0.380. The first-order valence-electron chi connectivity index (χ1n) is 7.02. The van der Waals surface area contributed by atoms with Crippen LogP contribution in [-0.4, -0.2) is 33.1 Å². The predicted molar refractivity (Wildman–Crippen MR) is 71.0 cm³/mol. The maximum absolute atomic E-state index is 10.3. The third kappa shape index (κ3) is 2.36. The summed E-state index contributed by atoms with van der Waals surface area (Å²) >= 11 is 0. The van der Waals surface area contributed by atoms with Crippen molar-refractivity contribution in [2.75, 3.05) is 0 Å². The van der Waals surface area contributed by atoms with E-state index in [2.05, 4.69) is 6.92 Å². The highest BCUT2D eigenvalue weighted by Gasteiger charge is 2.41. The first-order valence-corrected chi connectivity index (χ1v) is 7.02. The molecular weight excluding hydrogens is 228 g/mol. The highest BCUT2D eigenvalue weighted by molar-refractivity contribution is 5.29. The van der Waals surface area contributed by atoms with E-state index in [0.717, 1.165) is 6.42 Å². The average molecular weight is 254 g/mol. The lowest BCUT2D eigenvalue weighted by Gasteiger charge is -2.31. The predicted octanol–water partition coefficient (Wildman–Crippen LogP) is 1.86. The van der Waals surface area contributed by atoms with Gasteiger partial charge in [-0.05, 0) is 39.0 Å². The van der Waals surface area contributed by atoms with Gasteiger partial charge in [-0.15, -0.1) is 0 Å². The van der Waals surface area contributed by atoms with Gasteiger partial charge in [-0.3, -0.25) is 0 Å². The molecule has 2 rings (SSSR count). The lowest BCUT2D eigenvalue weighted by atomic mass is 9.80. The van der Waals surface area contributed by atoms with Gasteiger partial charge in [0.1, 0.15) is 0 Å². The number of rotatable bonds is 1. The van der Waals surface area contributed by atoms with Crippen molar-refractivity contribution in [3.63, 3.8) is 0 Å². The second-order valence-electron chi connectivity index (χ2n) is 6.76. The molecule has 0 saturated carbocycles. The minimum absolute atomic E-state index is 0.0650. The highest BCUT2D eigenvalue weighted by Crippen LogP contribution is 2.46. The maximum Gasteiger partial charge on any atom is 0.0640 e. The summed E-state index contributed by atoms with van der Waals surface area (Å²) in [6.45, 7) is 7.73. The van der Waals surface area contributed by atoms with Gasteiger partial charge in [0.2, 0.25) is 0 Å². The molecular formula is C15H26O3. The van der Waals surface area contributed by atoms with Gasteiger partial charge < -0.3 is 15.3 Å². The molecule has 0 heterocycles. The van der Waals surface area contributed by atoms with E-state index < -0.39 is 11.7 Å². The zero-order valence-electron chi connectivity index (χ0n) is 11.8. The Morgan fingerprint density at radius 1 is 0.944 bits per heavy atom. The van der Waals surface area contributed by atoms with Gasteiger partial charge in [-0.2, -0.15) is 0 Å². The summed E-state index contributed by atoms with van der Waals surface area (Å²) in [5.41, 5.74) is 1.73. The Bertz CT molecular complexity index is 353. The largest absolute Gasteiger partial charge is 0.393 e. The molecule has 0 amide bonds. The Morgan fingerprint density at radius 3 is 2.00 bits per heavy atom. The number of aliphatic hydroxyl groups is 3. The van der Waals surface area contributed by atoms with Crippen molar-refractivity contribution < 1.29 is 15.3 Å². The molecule has 3 nitrogen and oxygen atoms in total. The van der Waals surface area contributed by atoms with Crippen LogP contribution < -0.4 is 0 Å². The minimum Gasteiger partial charge on any atom is -0.393 e. The van der Waals surface area contributed by atoms with Crippen molar-refractivity contribution in [3.05, 3.63) is 11.1 Å². The molecule has 3 N–H and O–H groups in total. The Morgan fingerprint density at radius 2 is 1.44 bits per heavy atom. The van der Waals surface area contributed by atoms with Crippen molar-refractivity contribution in [3.8, 4) is 0 Å². The van der Waals surface area contributed by atoms with E-state index in [1.165, 1.54) is 11.1 Å². The first-order chi connectivity index (χ1) is 8.21. The van der Waals surface area contributed by atoms with Crippen LogP contribution in [0.2, 0.25) is 0 Å². The SMILES string of the molecule is C[C@@H]1C2=C(C[C@H](C(C)(C)O)C[C@H]1O)[C@@H](C)[C@@H](O)C2. The fraction of sp³-hybridized carbons (Fsp3) is 0.867. The van der Waals surface area contributed by atoms with Gasteiger partial charge in [0.25, 0.3) is 0 Å². The van der Waals surface area contributed by atoms with E-state index in [4.69, 9.17) is 0 Å². The number of hydrogen-bond donors (Lipinski definition) is 3. The highest BCUT2D eigenvalue weighted by atomic mass is 16.3. The lowest BCUT2D eigenvalue weighted by Crippen LogP contribution is -2.35. The first kappa shape index (κ1) is 14.0. The monoisotopic (exact) mass is 254 g/mol. The second kappa shape index (κ2) is 4.62. The summed E-state index contributed by atoms with van der Waals surface area (Å²) in [5.74, 6) is 0.333. The molecule has 0 saturated heterocycles. The van der Waals surface area contributed by atoms with Gasteiger partial charge in [0, 0.05) is 11.8 Å². The standard InChI is InChI=1S/C15H26O3/c1-8-11-5-10(15(3,4)18)6-13(16)9(2)12(11)7-14(8)17/h8-10,13-14,16-18H,5-7H2,1-4H3/t8-,9-,10+,13-,14+/m1/s1. The molecule has 2 aliphatic rings. The Kier molecular flexibility index (Phi) is 3.60. The van der Waals surface area contributed by atoms with Crippen LogP contribution in [0.1, 0.15) is 47.0 Å². The normalized spacial score (nSPS) is 41.8. The molecule has 0 aromatic rings. The molecule has 0 aromatic carbocycles.